The number of pyridine rings is 1. The standard InChI is InChI=1S/C22H20N4O/c1-24-11-8-15-14-21-16(13-20(15)24)9-12-26(21)22(27)25(2)19-7-10-23-18-6-4-3-5-17(18)19/h3-8,10-11,13-14H,9,12H2,1-2H3. The lowest BCUT2D eigenvalue weighted by molar-refractivity contribution is 0.253. The molecule has 0 aliphatic carbocycles. The molecule has 0 radical (unpaired) electrons. The van der Waals surface area contributed by atoms with E-state index < -0.39 is 0 Å². The first kappa shape index (κ1) is 15.9. The molecule has 27 heavy (non-hydrogen) atoms. The highest BCUT2D eigenvalue weighted by Gasteiger charge is 2.28. The largest absolute Gasteiger partial charge is 0.351 e. The first-order valence-electron chi connectivity index (χ1n) is 9.10. The number of aryl methyl sites for hydroxylation is 1. The van der Waals surface area contributed by atoms with E-state index in [4.69, 9.17) is 0 Å². The van der Waals surface area contributed by atoms with Gasteiger partial charge < -0.3 is 4.57 Å². The molecule has 0 bridgehead atoms. The highest BCUT2D eigenvalue weighted by molar-refractivity contribution is 6.09. The van der Waals surface area contributed by atoms with E-state index in [-0.39, 0.29) is 6.03 Å². The van der Waals surface area contributed by atoms with E-state index in [1.54, 1.807) is 11.1 Å². The highest BCUT2D eigenvalue weighted by Crippen LogP contribution is 2.34. The van der Waals surface area contributed by atoms with Crippen LogP contribution >= 0.6 is 0 Å². The average Bonchev–Trinajstić information content (AvgIpc) is 3.28. The van der Waals surface area contributed by atoms with Gasteiger partial charge in [0.15, 0.2) is 0 Å². The molecule has 0 N–H and O–H groups in total. The second-order valence-corrected chi connectivity index (χ2v) is 7.06. The van der Waals surface area contributed by atoms with Gasteiger partial charge in [-0.15, -0.1) is 0 Å². The maximum atomic E-state index is 13.3. The van der Waals surface area contributed by atoms with Gasteiger partial charge in [-0.3, -0.25) is 14.8 Å². The Balaban J connectivity index is 1.54. The van der Waals surface area contributed by atoms with E-state index in [2.05, 4.69) is 41.0 Å². The van der Waals surface area contributed by atoms with Crippen molar-refractivity contribution in [3.05, 3.63) is 66.5 Å². The lowest BCUT2D eigenvalue weighted by atomic mass is 10.1. The van der Waals surface area contributed by atoms with E-state index in [9.17, 15) is 4.79 Å². The third-order valence-corrected chi connectivity index (χ3v) is 5.49. The zero-order valence-electron chi connectivity index (χ0n) is 15.4. The molecule has 0 saturated carbocycles. The molecular weight excluding hydrogens is 336 g/mol. The Morgan fingerprint density at radius 3 is 2.89 bits per heavy atom. The van der Waals surface area contributed by atoms with Crippen molar-refractivity contribution in [3.8, 4) is 0 Å². The summed E-state index contributed by atoms with van der Waals surface area (Å²) in [6, 6.07) is 16.2. The maximum absolute atomic E-state index is 13.3. The fourth-order valence-electron chi connectivity index (χ4n) is 4.01. The molecule has 0 fully saturated rings. The van der Waals surface area contributed by atoms with Gasteiger partial charge >= 0.3 is 6.03 Å². The minimum absolute atomic E-state index is 0.0135. The van der Waals surface area contributed by atoms with Crippen LogP contribution in [0.5, 0.6) is 0 Å². The first-order valence-corrected chi connectivity index (χ1v) is 9.10. The van der Waals surface area contributed by atoms with Crippen molar-refractivity contribution < 1.29 is 4.79 Å². The number of amides is 2. The number of para-hydroxylation sites is 1. The van der Waals surface area contributed by atoms with Crippen LogP contribution in [-0.4, -0.2) is 29.2 Å². The summed E-state index contributed by atoms with van der Waals surface area (Å²) in [5.74, 6) is 0. The number of anilines is 2. The molecule has 0 unspecified atom stereocenters. The number of benzene rings is 2. The van der Waals surface area contributed by atoms with Crippen molar-refractivity contribution in [1.29, 1.82) is 0 Å². The average molecular weight is 356 g/mol. The zero-order valence-corrected chi connectivity index (χ0v) is 15.4. The predicted octanol–water partition coefficient (Wildman–Crippen LogP) is 4.35. The molecule has 134 valence electrons. The Morgan fingerprint density at radius 2 is 2.00 bits per heavy atom. The summed E-state index contributed by atoms with van der Waals surface area (Å²) in [5.41, 5.74) is 5.22. The van der Waals surface area contributed by atoms with Gasteiger partial charge in [-0.2, -0.15) is 0 Å². The maximum Gasteiger partial charge on any atom is 0.328 e. The summed E-state index contributed by atoms with van der Waals surface area (Å²) in [7, 11) is 3.89. The second-order valence-electron chi connectivity index (χ2n) is 7.06. The van der Waals surface area contributed by atoms with Crippen molar-refractivity contribution in [2.75, 3.05) is 23.4 Å². The summed E-state index contributed by atoms with van der Waals surface area (Å²) < 4.78 is 2.12. The smallest absolute Gasteiger partial charge is 0.328 e. The second kappa shape index (κ2) is 5.84. The number of carbonyl (C=O) groups excluding carboxylic acids is 1. The molecule has 0 atom stereocenters. The molecule has 3 heterocycles. The Kier molecular flexibility index (Phi) is 3.44. The molecule has 5 heteroatoms. The van der Waals surface area contributed by atoms with Crippen LogP contribution in [0, 0.1) is 0 Å². The molecule has 5 rings (SSSR count). The van der Waals surface area contributed by atoms with E-state index in [1.807, 2.05) is 42.3 Å². The fourth-order valence-corrected chi connectivity index (χ4v) is 4.01. The third kappa shape index (κ3) is 2.39. The molecule has 2 amide bonds. The third-order valence-electron chi connectivity index (χ3n) is 5.49. The number of hydrogen-bond donors (Lipinski definition) is 0. The highest BCUT2D eigenvalue weighted by atomic mass is 16.2. The van der Waals surface area contributed by atoms with E-state index >= 15 is 0 Å². The summed E-state index contributed by atoms with van der Waals surface area (Å²) >= 11 is 0. The number of urea groups is 1. The van der Waals surface area contributed by atoms with Gasteiger partial charge in [-0.05, 0) is 42.3 Å². The summed E-state index contributed by atoms with van der Waals surface area (Å²) in [6.45, 7) is 0.706. The number of fused-ring (bicyclic) bond motifs is 3. The number of aromatic nitrogens is 2. The van der Waals surface area contributed by atoms with Gasteiger partial charge in [0, 0.05) is 55.0 Å². The molecule has 2 aromatic heterocycles. The summed E-state index contributed by atoms with van der Waals surface area (Å²) in [4.78, 5) is 21.3. The van der Waals surface area contributed by atoms with Crippen molar-refractivity contribution in [2.24, 2.45) is 7.05 Å². The number of hydrogen-bond acceptors (Lipinski definition) is 2. The van der Waals surface area contributed by atoms with Crippen LogP contribution in [0.2, 0.25) is 0 Å². The molecule has 1 aliphatic rings. The van der Waals surface area contributed by atoms with Crippen LogP contribution < -0.4 is 9.80 Å². The Labute approximate surface area is 157 Å². The van der Waals surface area contributed by atoms with E-state index in [0.29, 0.717) is 6.54 Å². The molecule has 0 saturated heterocycles. The van der Waals surface area contributed by atoms with Crippen molar-refractivity contribution in [2.45, 2.75) is 6.42 Å². The quantitative estimate of drug-likeness (QED) is 0.509. The van der Waals surface area contributed by atoms with Gasteiger partial charge in [-0.1, -0.05) is 18.2 Å². The van der Waals surface area contributed by atoms with Gasteiger partial charge in [0.05, 0.1) is 11.2 Å². The van der Waals surface area contributed by atoms with Gasteiger partial charge in [0.25, 0.3) is 0 Å². The minimum atomic E-state index is -0.0135. The van der Waals surface area contributed by atoms with Crippen molar-refractivity contribution in [1.82, 2.24) is 9.55 Å². The SMILES string of the molecule is CN(C(=O)N1CCc2cc3c(ccn3C)cc21)c1ccnc2ccccc12. The lowest BCUT2D eigenvalue weighted by Crippen LogP contribution is -2.40. The first-order chi connectivity index (χ1) is 13.1. The van der Waals surface area contributed by atoms with Crippen molar-refractivity contribution >= 4 is 39.2 Å². The fraction of sp³-hybridized carbons (Fsp3) is 0.182. The Hall–Kier alpha value is -3.34. The predicted molar refractivity (Wildman–Crippen MR) is 110 cm³/mol. The van der Waals surface area contributed by atoms with E-state index in [1.165, 1.54) is 11.1 Å². The Bertz CT molecular complexity index is 1190. The molecule has 4 aromatic rings. The number of rotatable bonds is 1. The monoisotopic (exact) mass is 356 g/mol. The molecular formula is C22H20N4O. The zero-order chi connectivity index (χ0) is 18.5. The normalized spacial score (nSPS) is 13.3. The summed E-state index contributed by atoms with van der Waals surface area (Å²) in [5, 5.41) is 2.14. The topological polar surface area (TPSA) is 41.4 Å². The lowest BCUT2D eigenvalue weighted by Gasteiger charge is -2.26. The molecule has 1 aliphatic heterocycles. The van der Waals surface area contributed by atoms with Crippen LogP contribution in [0.1, 0.15) is 5.56 Å². The molecule has 2 aromatic carbocycles. The molecule has 0 spiro atoms. The van der Waals surface area contributed by atoms with Crippen LogP contribution in [0.15, 0.2) is 60.9 Å². The molecule has 5 nitrogen and oxygen atoms in total. The van der Waals surface area contributed by atoms with Gasteiger partial charge in [0.1, 0.15) is 0 Å². The van der Waals surface area contributed by atoms with Gasteiger partial charge in [-0.25, -0.2) is 4.79 Å². The number of carbonyl (C=O) groups is 1. The van der Waals surface area contributed by atoms with Gasteiger partial charge in [0.2, 0.25) is 0 Å². The number of nitrogens with zero attached hydrogens (tertiary/aromatic N) is 4. The van der Waals surface area contributed by atoms with Crippen molar-refractivity contribution in [3.63, 3.8) is 0 Å². The summed E-state index contributed by atoms with van der Waals surface area (Å²) in [6.07, 6.45) is 4.70. The van der Waals surface area contributed by atoms with Crippen LogP contribution in [0.4, 0.5) is 16.2 Å². The van der Waals surface area contributed by atoms with E-state index in [0.717, 1.165) is 34.1 Å². The van der Waals surface area contributed by atoms with Crippen LogP contribution in [-0.2, 0) is 13.5 Å². The minimum Gasteiger partial charge on any atom is -0.351 e. The Morgan fingerprint density at radius 1 is 1.15 bits per heavy atom. The van der Waals surface area contributed by atoms with Crippen LogP contribution in [0.25, 0.3) is 21.8 Å². The van der Waals surface area contributed by atoms with Crippen LogP contribution in [0.3, 0.4) is 0 Å².